The smallest absolute Gasteiger partial charge is 0.218 e. The summed E-state index contributed by atoms with van der Waals surface area (Å²) < 4.78 is 21.5. The van der Waals surface area contributed by atoms with E-state index in [-0.39, 0.29) is 0 Å². The largest absolute Gasteiger partial charge is 0.496 e. The van der Waals surface area contributed by atoms with Crippen LogP contribution in [-0.2, 0) is 22.6 Å². The van der Waals surface area contributed by atoms with E-state index in [0.29, 0.717) is 53.6 Å². The average molecular weight is 612 g/mol. The molecule has 222 valence electrons. The van der Waals surface area contributed by atoms with Crippen molar-refractivity contribution in [2.45, 2.75) is 13.1 Å². The van der Waals surface area contributed by atoms with E-state index in [4.69, 9.17) is 47.1 Å². The molecule has 0 spiro atoms. The lowest BCUT2D eigenvalue weighted by Gasteiger charge is -2.15. The molecular weight excluding hydrogens is 575 g/mol. The van der Waals surface area contributed by atoms with Crippen molar-refractivity contribution < 1.29 is 18.9 Å². The van der Waals surface area contributed by atoms with E-state index in [2.05, 4.69) is 15.6 Å². The van der Waals surface area contributed by atoms with Gasteiger partial charge in [-0.05, 0) is 18.2 Å². The number of hydrogen-bond acceptors (Lipinski definition) is 8. The first-order chi connectivity index (χ1) is 20.5. The maximum atomic E-state index is 7.02. The van der Waals surface area contributed by atoms with Gasteiger partial charge in [-0.1, -0.05) is 59.6 Å². The third-order valence-corrected chi connectivity index (χ3v) is 7.53. The fourth-order valence-corrected chi connectivity index (χ4v) is 5.20. The Morgan fingerprint density at radius 3 is 2.07 bits per heavy atom. The molecule has 42 heavy (non-hydrogen) atoms. The lowest BCUT2D eigenvalue weighted by Crippen LogP contribution is -2.19. The molecule has 0 fully saturated rings. The first-order valence-electron chi connectivity index (χ1n) is 13.6. The number of nitrogens with zero attached hydrogens (tertiary/aromatic N) is 2. The number of halogens is 2. The number of rotatable bonds is 15. The normalized spacial score (nSPS) is 11.1. The lowest BCUT2D eigenvalue weighted by atomic mass is 9.99. The van der Waals surface area contributed by atoms with Crippen LogP contribution in [0.25, 0.3) is 33.6 Å². The van der Waals surface area contributed by atoms with Crippen LogP contribution < -0.4 is 20.1 Å². The van der Waals surface area contributed by atoms with Crippen LogP contribution in [0.1, 0.15) is 11.1 Å². The Morgan fingerprint density at radius 1 is 0.714 bits per heavy atom. The highest BCUT2D eigenvalue weighted by molar-refractivity contribution is 6.39. The van der Waals surface area contributed by atoms with Gasteiger partial charge in [0.2, 0.25) is 5.88 Å². The Hall–Kier alpha value is -3.24. The van der Waals surface area contributed by atoms with Gasteiger partial charge in [-0.2, -0.15) is 0 Å². The highest BCUT2D eigenvalue weighted by atomic mass is 35.5. The van der Waals surface area contributed by atoms with Crippen LogP contribution in [0.4, 0.5) is 0 Å². The summed E-state index contributed by atoms with van der Waals surface area (Å²) in [6.45, 7) is 4.00. The molecule has 0 aliphatic heterocycles. The number of methoxy groups -OCH3 is 4. The summed E-state index contributed by atoms with van der Waals surface area (Å²) in [6, 6.07) is 17.6. The van der Waals surface area contributed by atoms with Crippen LogP contribution in [0, 0.1) is 0 Å². The first-order valence-corrected chi connectivity index (χ1v) is 14.3. The molecular formula is C32H36Cl2N4O4. The van der Waals surface area contributed by atoms with Crippen LogP contribution in [0.15, 0.2) is 60.8 Å². The highest BCUT2D eigenvalue weighted by Gasteiger charge is 2.18. The van der Waals surface area contributed by atoms with Gasteiger partial charge in [-0.3, -0.25) is 4.98 Å². The van der Waals surface area contributed by atoms with Gasteiger partial charge < -0.3 is 29.6 Å². The van der Waals surface area contributed by atoms with E-state index in [1.165, 1.54) is 0 Å². The number of ether oxygens (including phenoxy) is 4. The average Bonchev–Trinajstić information content (AvgIpc) is 3.02. The minimum Gasteiger partial charge on any atom is -0.496 e. The van der Waals surface area contributed by atoms with Crippen LogP contribution in [0.5, 0.6) is 11.6 Å². The van der Waals surface area contributed by atoms with Crippen molar-refractivity contribution >= 4 is 23.2 Å². The molecule has 0 saturated heterocycles. The van der Waals surface area contributed by atoms with Crippen molar-refractivity contribution in [2.24, 2.45) is 0 Å². The molecule has 8 nitrogen and oxygen atoms in total. The molecule has 0 atom stereocenters. The second-order valence-corrected chi connectivity index (χ2v) is 10.2. The van der Waals surface area contributed by atoms with E-state index < -0.39 is 0 Å². The molecule has 0 radical (unpaired) electrons. The minimum absolute atomic E-state index is 0.493. The summed E-state index contributed by atoms with van der Waals surface area (Å²) in [7, 11) is 6.62. The third-order valence-electron chi connectivity index (χ3n) is 6.74. The molecule has 4 rings (SSSR count). The molecule has 4 aromatic rings. The molecule has 2 aromatic carbocycles. The first kappa shape index (κ1) is 31.7. The molecule has 0 aliphatic rings. The van der Waals surface area contributed by atoms with Crippen LogP contribution in [0.3, 0.4) is 0 Å². The van der Waals surface area contributed by atoms with E-state index in [1.54, 1.807) is 34.6 Å². The predicted molar refractivity (Wildman–Crippen MR) is 169 cm³/mol. The molecule has 0 aliphatic carbocycles. The number of benzene rings is 2. The van der Waals surface area contributed by atoms with Gasteiger partial charge in [0.1, 0.15) is 5.75 Å². The van der Waals surface area contributed by atoms with E-state index in [9.17, 15) is 0 Å². The fourth-order valence-electron chi connectivity index (χ4n) is 4.55. The van der Waals surface area contributed by atoms with Crippen molar-refractivity contribution in [3.8, 4) is 45.3 Å². The fraction of sp³-hybridized carbons (Fsp3) is 0.312. The maximum Gasteiger partial charge on any atom is 0.218 e. The second kappa shape index (κ2) is 15.8. The summed E-state index contributed by atoms with van der Waals surface area (Å²) in [5, 5.41) is 7.69. The van der Waals surface area contributed by atoms with Crippen LogP contribution in [-0.4, -0.2) is 64.7 Å². The van der Waals surface area contributed by atoms with Gasteiger partial charge in [-0.15, -0.1) is 0 Å². The van der Waals surface area contributed by atoms with Crippen molar-refractivity contribution in [1.29, 1.82) is 0 Å². The number of hydrogen-bond donors (Lipinski definition) is 2. The topological polar surface area (TPSA) is 86.8 Å². The van der Waals surface area contributed by atoms with Crippen LogP contribution >= 0.6 is 23.2 Å². The van der Waals surface area contributed by atoms with Crippen molar-refractivity contribution in [2.75, 3.05) is 54.7 Å². The molecule has 2 N–H and O–H groups in total. The number of pyridine rings is 2. The number of aromatic nitrogens is 2. The molecule has 2 heterocycles. The highest BCUT2D eigenvalue weighted by Crippen LogP contribution is 2.42. The van der Waals surface area contributed by atoms with Gasteiger partial charge in [-0.25, -0.2) is 4.98 Å². The van der Waals surface area contributed by atoms with Crippen LogP contribution in [0.2, 0.25) is 10.0 Å². The standard InChI is InChI=1S/C32H36Cl2N4O4/c1-39-16-14-35-19-22-9-8-21(18-28(22)41-3)31-30(34)25(12-13-37-31)24-6-5-7-26(29(24)33)27-11-10-23(32(38-27)42-4)20-36-15-17-40-2/h5-13,18,35-36H,14-17,19-20H2,1-4H3. The van der Waals surface area contributed by atoms with Crippen molar-refractivity contribution in [3.05, 3.63) is 82.0 Å². The summed E-state index contributed by atoms with van der Waals surface area (Å²) in [5.41, 5.74) is 6.46. The molecule has 0 unspecified atom stereocenters. The minimum atomic E-state index is 0.493. The summed E-state index contributed by atoms with van der Waals surface area (Å²) >= 11 is 14.0. The summed E-state index contributed by atoms with van der Waals surface area (Å²) in [6.07, 6.45) is 1.74. The molecule has 0 saturated carbocycles. The zero-order valence-corrected chi connectivity index (χ0v) is 25.8. The van der Waals surface area contributed by atoms with Gasteiger partial charge >= 0.3 is 0 Å². The van der Waals surface area contributed by atoms with Crippen molar-refractivity contribution in [3.63, 3.8) is 0 Å². The summed E-state index contributed by atoms with van der Waals surface area (Å²) in [5.74, 6) is 1.28. The molecule has 2 aromatic heterocycles. The second-order valence-electron chi connectivity index (χ2n) is 9.42. The summed E-state index contributed by atoms with van der Waals surface area (Å²) in [4.78, 5) is 9.35. The Kier molecular flexibility index (Phi) is 12.0. The lowest BCUT2D eigenvalue weighted by molar-refractivity contribution is 0.199. The zero-order chi connectivity index (χ0) is 29.9. The predicted octanol–water partition coefficient (Wildman–Crippen LogP) is 6.27. The zero-order valence-electron chi connectivity index (χ0n) is 24.3. The Bertz CT molecular complexity index is 1370. The Morgan fingerprint density at radius 2 is 1.38 bits per heavy atom. The maximum absolute atomic E-state index is 7.02. The van der Waals surface area contributed by atoms with Gasteiger partial charge in [0.25, 0.3) is 0 Å². The number of nitrogens with one attached hydrogen (secondary N) is 2. The van der Waals surface area contributed by atoms with Gasteiger partial charge in [0.15, 0.2) is 0 Å². The Labute approximate surface area is 257 Å². The van der Waals surface area contributed by atoms with Crippen molar-refractivity contribution in [1.82, 2.24) is 20.6 Å². The van der Waals surface area contributed by atoms with E-state index >= 15 is 0 Å². The third kappa shape index (κ3) is 7.58. The Balaban J connectivity index is 1.64. The van der Waals surface area contributed by atoms with E-state index in [0.717, 1.165) is 52.2 Å². The molecule has 0 bridgehead atoms. The quantitative estimate of drug-likeness (QED) is 0.152. The van der Waals surface area contributed by atoms with E-state index in [1.807, 2.05) is 54.6 Å². The molecule has 0 amide bonds. The van der Waals surface area contributed by atoms with Gasteiger partial charge in [0.05, 0.1) is 48.9 Å². The SMILES string of the molecule is COCCNCc1ccc(-c2nccc(-c3cccc(-c4ccc(CNCCOC)c(OC)n4)c3Cl)c2Cl)cc1OC. The molecule has 10 heteroatoms. The van der Waals surface area contributed by atoms with Gasteiger partial charge in [0, 0.05) is 80.0 Å². The monoisotopic (exact) mass is 610 g/mol.